The number of phenols is 2. The number of hydrogen-bond donors (Lipinski definition) is 2. The van der Waals surface area contributed by atoms with Gasteiger partial charge in [0.1, 0.15) is 23.1 Å². The summed E-state index contributed by atoms with van der Waals surface area (Å²) in [5, 5.41) is 18.3. The predicted octanol–water partition coefficient (Wildman–Crippen LogP) is 7.31. The van der Waals surface area contributed by atoms with E-state index in [0.29, 0.717) is 24.3 Å². The van der Waals surface area contributed by atoms with Crippen molar-refractivity contribution in [2.24, 2.45) is 0 Å². The van der Waals surface area contributed by atoms with Crippen LogP contribution in [0.2, 0.25) is 0 Å². The highest BCUT2D eigenvalue weighted by molar-refractivity contribution is 7.91. The van der Waals surface area contributed by atoms with Crippen LogP contribution in [0, 0.1) is 11.6 Å². The van der Waals surface area contributed by atoms with Crippen molar-refractivity contribution in [2.45, 2.75) is 27.6 Å². The maximum atomic E-state index is 13.6. The van der Waals surface area contributed by atoms with Crippen molar-refractivity contribution in [1.29, 1.82) is 0 Å². The molecule has 40 heavy (non-hydrogen) atoms. The fourth-order valence-electron chi connectivity index (χ4n) is 3.77. The highest BCUT2D eigenvalue weighted by Gasteiger charge is 2.72. The minimum atomic E-state index is -5.70. The number of rotatable bonds is 4. The van der Waals surface area contributed by atoms with Gasteiger partial charge in [-0.25, -0.2) is 17.2 Å². The molecule has 13 heteroatoms. The van der Waals surface area contributed by atoms with Gasteiger partial charge >= 0.3 is 12.4 Å². The second-order valence-corrected chi connectivity index (χ2v) is 10.2. The second-order valence-electron chi connectivity index (χ2n) is 8.25. The van der Waals surface area contributed by atoms with Crippen molar-refractivity contribution in [3.05, 3.63) is 120 Å². The van der Waals surface area contributed by atoms with E-state index in [-0.39, 0.29) is 9.79 Å². The molecule has 0 saturated carbocycles. The van der Waals surface area contributed by atoms with Gasteiger partial charge in [-0.15, -0.1) is 0 Å². The van der Waals surface area contributed by atoms with Crippen molar-refractivity contribution in [3.63, 3.8) is 0 Å². The van der Waals surface area contributed by atoms with E-state index < -0.39 is 61.9 Å². The molecule has 0 aliphatic carbocycles. The lowest BCUT2D eigenvalue weighted by Crippen LogP contribution is -2.54. The maximum absolute atomic E-state index is 13.6. The zero-order valence-electron chi connectivity index (χ0n) is 19.9. The van der Waals surface area contributed by atoms with Gasteiger partial charge < -0.3 is 10.2 Å². The third kappa shape index (κ3) is 6.03. The van der Waals surface area contributed by atoms with Gasteiger partial charge in [0, 0.05) is 0 Å². The fourth-order valence-corrected chi connectivity index (χ4v) is 5.03. The van der Waals surface area contributed by atoms with Crippen molar-refractivity contribution in [3.8, 4) is 11.5 Å². The number of hydrogen-bond acceptors (Lipinski definition) is 4. The predicted molar refractivity (Wildman–Crippen MR) is 127 cm³/mol. The number of benzene rings is 4. The summed E-state index contributed by atoms with van der Waals surface area (Å²) >= 11 is 0. The van der Waals surface area contributed by atoms with Crippen LogP contribution in [0.25, 0.3) is 0 Å². The first-order valence-corrected chi connectivity index (χ1v) is 12.5. The largest absolute Gasteiger partial charge is 0.508 e. The summed E-state index contributed by atoms with van der Waals surface area (Å²) in [6.45, 7) is 0. The lowest BCUT2D eigenvalue weighted by atomic mass is 9.73. The van der Waals surface area contributed by atoms with Crippen LogP contribution in [0.4, 0.5) is 35.1 Å². The third-order valence-electron chi connectivity index (χ3n) is 5.70. The fraction of sp³-hybridized carbons (Fsp3) is 0.111. The lowest BCUT2D eigenvalue weighted by molar-refractivity contribution is -0.288. The van der Waals surface area contributed by atoms with Crippen LogP contribution in [0.5, 0.6) is 11.5 Å². The van der Waals surface area contributed by atoms with Crippen molar-refractivity contribution in [1.82, 2.24) is 0 Å². The molecule has 4 rings (SSSR count). The van der Waals surface area contributed by atoms with E-state index in [9.17, 15) is 43.5 Å². The van der Waals surface area contributed by atoms with E-state index in [0.717, 1.165) is 48.5 Å². The molecule has 0 spiro atoms. The lowest BCUT2D eigenvalue weighted by Gasteiger charge is -2.38. The Labute approximate surface area is 222 Å². The van der Waals surface area contributed by atoms with Crippen molar-refractivity contribution in [2.75, 3.05) is 0 Å². The van der Waals surface area contributed by atoms with Gasteiger partial charge in [0.25, 0.3) is 0 Å². The first kappa shape index (κ1) is 30.4. The molecular formula is C27H18F8O4S. The number of alkyl halides is 6. The molecule has 4 nitrogen and oxygen atoms in total. The summed E-state index contributed by atoms with van der Waals surface area (Å²) in [5.41, 5.74) is -6.44. The van der Waals surface area contributed by atoms with Gasteiger partial charge in [0.15, 0.2) is 0 Å². The third-order valence-corrected chi connectivity index (χ3v) is 7.48. The van der Waals surface area contributed by atoms with Crippen LogP contribution >= 0.6 is 0 Å². The molecule has 0 aliphatic rings. The van der Waals surface area contributed by atoms with Crippen LogP contribution in [0.1, 0.15) is 11.1 Å². The highest BCUT2D eigenvalue weighted by atomic mass is 32.2. The van der Waals surface area contributed by atoms with Gasteiger partial charge in [-0.2, -0.15) is 26.3 Å². The molecule has 2 N–H and O–H groups in total. The molecule has 0 saturated heterocycles. The SMILES string of the molecule is O=S(=O)(c1ccc(F)cc1)c1ccc(F)cc1.Oc1ccc(C(c2ccc(O)cc2)(C(F)(F)F)C(F)(F)F)cc1. The molecule has 0 bridgehead atoms. The topological polar surface area (TPSA) is 74.6 Å². The van der Waals surface area contributed by atoms with E-state index in [1.807, 2.05) is 0 Å². The Hall–Kier alpha value is -4.13. The summed E-state index contributed by atoms with van der Waals surface area (Å²) in [6.07, 6.45) is -11.4. The zero-order chi connectivity index (χ0) is 29.9. The molecular weight excluding hydrogens is 572 g/mol. The quantitative estimate of drug-likeness (QED) is 0.193. The summed E-state index contributed by atoms with van der Waals surface area (Å²) in [7, 11) is -3.71. The van der Waals surface area contributed by atoms with E-state index in [1.54, 1.807) is 0 Å². The summed E-state index contributed by atoms with van der Waals surface area (Å²) in [6, 6.07) is 14.3. The number of sulfone groups is 1. The summed E-state index contributed by atoms with van der Waals surface area (Å²) in [5.74, 6) is -1.94. The number of aromatic hydroxyl groups is 2. The maximum Gasteiger partial charge on any atom is 0.411 e. The summed E-state index contributed by atoms with van der Waals surface area (Å²) in [4.78, 5) is -0.0454. The Balaban J connectivity index is 0.000000230. The first-order valence-electron chi connectivity index (χ1n) is 11.0. The molecule has 0 heterocycles. The van der Waals surface area contributed by atoms with Gasteiger partial charge in [0.05, 0.1) is 9.79 Å². The standard InChI is InChI=1S/C15H10F6O2.C12H8F2O2S/c16-14(17,18)13(15(19,20)21,9-1-5-11(22)6-2-9)10-3-7-12(23)8-4-10;13-9-1-5-11(6-2-9)17(15,16)12-7-3-10(14)4-8-12/h1-8,22-23H;1-8H. The van der Waals surface area contributed by atoms with Gasteiger partial charge in [-0.1, -0.05) is 24.3 Å². The Morgan fingerprint density at radius 1 is 0.475 bits per heavy atom. The molecule has 0 atom stereocenters. The molecule has 0 radical (unpaired) electrons. The van der Waals surface area contributed by atoms with E-state index in [2.05, 4.69) is 0 Å². The van der Waals surface area contributed by atoms with Crippen molar-refractivity contribution >= 4 is 9.84 Å². The van der Waals surface area contributed by atoms with Crippen LogP contribution in [-0.2, 0) is 15.3 Å². The molecule has 212 valence electrons. The first-order chi connectivity index (χ1) is 18.5. The molecule has 4 aromatic rings. The molecule has 4 aromatic carbocycles. The van der Waals surface area contributed by atoms with Crippen LogP contribution in [-0.4, -0.2) is 31.0 Å². The normalized spacial score (nSPS) is 12.4. The minimum Gasteiger partial charge on any atom is -0.508 e. The minimum absolute atomic E-state index is 0.0227. The smallest absolute Gasteiger partial charge is 0.411 e. The average molecular weight is 590 g/mol. The molecule has 0 aromatic heterocycles. The zero-order valence-corrected chi connectivity index (χ0v) is 20.7. The molecule has 0 amide bonds. The van der Waals surface area contributed by atoms with Crippen LogP contribution in [0.15, 0.2) is 107 Å². The Bertz CT molecular complexity index is 1420. The molecule has 0 unspecified atom stereocenters. The Morgan fingerprint density at radius 2 is 0.750 bits per heavy atom. The van der Waals surface area contributed by atoms with Crippen LogP contribution < -0.4 is 0 Å². The monoisotopic (exact) mass is 590 g/mol. The van der Waals surface area contributed by atoms with Crippen molar-refractivity contribution < 1.29 is 53.8 Å². The molecule has 0 fully saturated rings. The van der Waals surface area contributed by atoms with Gasteiger partial charge in [0.2, 0.25) is 15.3 Å². The summed E-state index contributed by atoms with van der Waals surface area (Å²) < 4.78 is 131. The van der Waals surface area contributed by atoms with Crippen LogP contribution in [0.3, 0.4) is 0 Å². The number of halogens is 8. The van der Waals surface area contributed by atoms with E-state index >= 15 is 0 Å². The Kier molecular flexibility index (Phi) is 8.48. The van der Waals surface area contributed by atoms with Gasteiger partial charge in [-0.3, -0.25) is 0 Å². The second kappa shape index (κ2) is 11.2. The molecule has 0 aliphatic heterocycles. The Morgan fingerprint density at radius 3 is 1.00 bits per heavy atom. The average Bonchev–Trinajstić information content (AvgIpc) is 2.86. The van der Waals surface area contributed by atoms with E-state index in [1.165, 1.54) is 24.3 Å². The van der Waals surface area contributed by atoms with Gasteiger partial charge in [-0.05, 0) is 83.9 Å². The highest BCUT2D eigenvalue weighted by Crippen LogP contribution is 2.56. The number of phenolic OH excluding ortho intramolecular Hbond substituents is 2. The van der Waals surface area contributed by atoms with E-state index in [4.69, 9.17) is 10.2 Å².